The molecule has 0 bridgehead atoms. The van der Waals surface area contributed by atoms with E-state index in [1.54, 1.807) is 11.8 Å². The van der Waals surface area contributed by atoms with Gasteiger partial charge in [0.25, 0.3) is 0 Å². The predicted molar refractivity (Wildman–Crippen MR) is 103 cm³/mol. The van der Waals surface area contributed by atoms with Crippen LogP contribution in [0, 0.1) is 0 Å². The van der Waals surface area contributed by atoms with Gasteiger partial charge in [-0.3, -0.25) is 0 Å². The van der Waals surface area contributed by atoms with E-state index in [9.17, 15) is 5.11 Å². The van der Waals surface area contributed by atoms with Crippen LogP contribution in [-0.2, 0) is 16.6 Å². The van der Waals surface area contributed by atoms with Gasteiger partial charge in [-0.1, -0.05) is 77.7 Å². The van der Waals surface area contributed by atoms with Crippen LogP contribution < -0.4 is 0 Å². The first-order valence-corrected chi connectivity index (χ1v) is 8.94. The van der Waals surface area contributed by atoms with Crippen LogP contribution in [0.3, 0.4) is 0 Å². The van der Waals surface area contributed by atoms with Gasteiger partial charge in [-0.2, -0.15) is 0 Å². The number of benzene rings is 1. The summed E-state index contributed by atoms with van der Waals surface area (Å²) in [5.74, 6) is 1.10. The highest BCUT2D eigenvalue weighted by Gasteiger charge is 2.25. The molecule has 0 aromatic heterocycles. The maximum Gasteiger partial charge on any atom is 0.136 e. The van der Waals surface area contributed by atoms with Crippen LogP contribution in [0.5, 0.6) is 5.75 Å². The number of nitrogens with zero attached hydrogens (tertiary/aromatic N) is 1. The summed E-state index contributed by atoms with van der Waals surface area (Å²) in [4.78, 5) is 1.93. The third-order valence-electron chi connectivity index (χ3n) is 3.58. The molecule has 124 valence electrons. The van der Waals surface area contributed by atoms with E-state index in [0.29, 0.717) is 11.5 Å². The molecule has 0 radical (unpaired) electrons. The molecule has 0 heterocycles. The Labute approximate surface area is 145 Å². The fourth-order valence-electron chi connectivity index (χ4n) is 2.08. The maximum absolute atomic E-state index is 10.7. The molecule has 0 aliphatic carbocycles. The second-order valence-electron chi connectivity index (χ2n) is 7.98. The number of phenols is 1. The Bertz CT molecular complexity index is 551. The minimum Gasteiger partial charge on any atom is -0.507 e. The number of aromatic hydroxyl groups is 1. The van der Waals surface area contributed by atoms with Crippen molar-refractivity contribution in [2.45, 2.75) is 58.1 Å². The molecule has 1 rings (SSSR count). The Morgan fingerprint density at radius 3 is 2.05 bits per heavy atom. The lowest BCUT2D eigenvalue weighted by Crippen LogP contribution is -2.18. The number of thiocarbonyl (C=S) groups is 1. The highest BCUT2D eigenvalue weighted by atomic mass is 32.2. The molecule has 1 aromatic rings. The van der Waals surface area contributed by atoms with E-state index < -0.39 is 0 Å². The molecule has 2 nitrogen and oxygen atoms in total. The Balaban J connectivity index is 3.29. The lowest BCUT2D eigenvalue weighted by molar-refractivity contribution is 0.440. The second kappa shape index (κ2) is 6.79. The van der Waals surface area contributed by atoms with Crippen LogP contribution in [0.25, 0.3) is 0 Å². The minimum absolute atomic E-state index is 0.0508. The number of thioether (sulfide) groups is 1. The van der Waals surface area contributed by atoms with Crippen molar-refractivity contribution in [1.29, 1.82) is 0 Å². The molecule has 0 unspecified atom stereocenters. The second-order valence-corrected chi connectivity index (χ2v) is 9.59. The third-order valence-corrected chi connectivity index (χ3v) is 5.37. The van der Waals surface area contributed by atoms with Crippen LogP contribution in [0.1, 0.15) is 58.2 Å². The fourth-order valence-corrected chi connectivity index (χ4v) is 3.01. The molecule has 0 atom stereocenters. The van der Waals surface area contributed by atoms with E-state index in [1.165, 1.54) is 5.56 Å². The van der Waals surface area contributed by atoms with Crippen molar-refractivity contribution in [2.24, 2.45) is 0 Å². The van der Waals surface area contributed by atoms with E-state index in [2.05, 4.69) is 53.7 Å². The van der Waals surface area contributed by atoms with Gasteiger partial charge >= 0.3 is 0 Å². The Morgan fingerprint density at radius 1 is 1.09 bits per heavy atom. The SMILES string of the molecule is CN(C)C(=S)SCc1cc(C(C)(C)C)cc(C(C)(C)C)c1O. The molecule has 1 N–H and O–H groups in total. The van der Waals surface area contributed by atoms with Crippen LogP contribution >= 0.6 is 24.0 Å². The third kappa shape index (κ3) is 4.88. The summed E-state index contributed by atoms with van der Waals surface area (Å²) < 4.78 is 0.831. The summed E-state index contributed by atoms with van der Waals surface area (Å²) in [5.41, 5.74) is 3.18. The van der Waals surface area contributed by atoms with Crippen molar-refractivity contribution < 1.29 is 5.11 Å². The van der Waals surface area contributed by atoms with E-state index in [-0.39, 0.29) is 10.8 Å². The van der Waals surface area contributed by atoms with Gasteiger partial charge in [0.15, 0.2) is 0 Å². The van der Waals surface area contributed by atoms with Gasteiger partial charge in [0.2, 0.25) is 0 Å². The number of rotatable bonds is 2. The predicted octanol–water partition coefficient (Wildman–Crippen LogP) is 5.07. The highest BCUT2D eigenvalue weighted by molar-refractivity contribution is 8.22. The summed E-state index contributed by atoms with van der Waals surface area (Å²) in [6.07, 6.45) is 0. The van der Waals surface area contributed by atoms with Crippen molar-refractivity contribution in [3.63, 3.8) is 0 Å². The normalized spacial score (nSPS) is 12.4. The lowest BCUT2D eigenvalue weighted by atomic mass is 9.79. The van der Waals surface area contributed by atoms with Gasteiger partial charge in [0.05, 0.1) is 0 Å². The summed E-state index contributed by atoms with van der Waals surface area (Å²) >= 11 is 6.93. The van der Waals surface area contributed by atoms with E-state index in [0.717, 1.165) is 15.4 Å². The smallest absolute Gasteiger partial charge is 0.136 e. The monoisotopic (exact) mass is 339 g/mol. The van der Waals surface area contributed by atoms with Crippen molar-refractivity contribution in [2.75, 3.05) is 14.1 Å². The first kappa shape index (κ1) is 19.3. The zero-order valence-corrected chi connectivity index (χ0v) is 16.7. The zero-order chi connectivity index (χ0) is 17.3. The van der Waals surface area contributed by atoms with Crippen molar-refractivity contribution in [3.05, 3.63) is 28.8 Å². The maximum atomic E-state index is 10.7. The lowest BCUT2D eigenvalue weighted by Gasteiger charge is -2.27. The molecule has 0 aliphatic heterocycles. The van der Waals surface area contributed by atoms with Gasteiger partial charge in [-0.15, -0.1) is 0 Å². The van der Waals surface area contributed by atoms with Gasteiger partial charge in [-0.25, -0.2) is 0 Å². The minimum atomic E-state index is -0.0905. The van der Waals surface area contributed by atoms with Crippen LogP contribution in [-0.4, -0.2) is 28.4 Å². The molecule has 0 amide bonds. The summed E-state index contributed by atoms with van der Waals surface area (Å²) in [6.45, 7) is 13.0. The van der Waals surface area contributed by atoms with Gasteiger partial charge < -0.3 is 10.0 Å². The summed E-state index contributed by atoms with van der Waals surface area (Å²) in [5, 5.41) is 10.7. The molecule has 0 saturated heterocycles. The van der Waals surface area contributed by atoms with Crippen LogP contribution in [0.15, 0.2) is 12.1 Å². The Morgan fingerprint density at radius 2 is 1.64 bits per heavy atom. The first-order valence-electron chi connectivity index (χ1n) is 7.55. The molecule has 0 spiro atoms. The van der Waals surface area contributed by atoms with E-state index in [4.69, 9.17) is 12.2 Å². The Hall–Kier alpha value is -0.740. The molecule has 1 aromatic carbocycles. The first-order chi connectivity index (χ1) is 9.84. The number of hydrogen-bond acceptors (Lipinski definition) is 3. The zero-order valence-electron chi connectivity index (χ0n) is 15.1. The van der Waals surface area contributed by atoms with Gasteiger partial charge in [0.1, 0.15) is 10.1 Å². The van der Waals surface area contributed by atoms with Crippen LogP contribution in [0.2, 0.25) is 0 Å². The molecular weight excluding hydrogens is 310 g/mol. The standard InChI is InChI=1S/C18H29NOS2/c1-17(2,3)13-9-12(11-22-16(21)19(7)8)15(20)14(10-13)18(4,5)6/h9-10,20H,11H2,1-8H3. The molecule has 22 heavy (non-hydrogen) atoms. The summed E-state index contributed by atoms with van der Waals surface area (Å²) in [7, 11) is 3.89. The van der Waals surface area contributed by atoms with Crippen LogP contribution in [0.4, 0.5) is 0 Å². The fraction of sp³-hybridized carbons (Fsp3) is 0.611. The highest BCUT2D eigenvalue weighted by Crippen LogP contribution is 2.39. The molecule has 0 fully saturated rings. The van der Waals surface area contributed by atoms with Crippen molar-refractivity contribution in [3.8, 4) is 5.75 Å². The average molecular weight is 340 g/mol. The molecule has 0 saturated carbocycles. The van der Waals surface area contributed by atoms with E-state index >= 15 is 0 Å². The van der Waals surface area contributed by atoms with Crippen molar-refractivity contribution >= 4 is 28.3 Å². The summed E-state index contributed by atoms with van der Waals surface area (Å²) in [6, 6.07) is 4.27. The quantitative estimate of drug-likeness (QED) is 0.760. The topological polar surface area (TPSA) is 23.5 Å². The molecular formula is C18H29NOS2. The van der Waals surface area contributed by atoms with Crippen molar-refractivity contribution in [1.82, 2.24) is 4.90 Å². The molecule has 4 heteroatoms. The molecule has 0 aliphatic rings. The number of hydrogen-bond donors (Lipinski definition) is 1. The van der Waals surface area contributed by atoms with E-state index in [1.807, 2.05) is 19.0 Å². The van der Waals surface area contributed by atoms with Gasteiger partial charge in [-0.05, 0) is 22.0 Å². The Kier molecular flexibility index (Phi) is 5.96. The average Bonchev–Trinajstić information content (AvgIpc) is 2.33. The largest absolute Gasteiger partial charge is 0.507 e. The number of phenolic OH excluding ortho intramolecular Hbond substituents is 1. The van der Waals surface area contributed by atoms with Gasteiger partial charge in [0, 0.05) is 25.4 Å².